The van der Waals surface area contributed by atoms with Crippen LogP contribution >= 0.6 is 39.1 Å². The molecule has 0 bridgehead atoms. The molecule has 12 heteroatoms. The second-order valence-corrected chi connectivity index (χ2v) is 12.8. The molecule has 1 amide bonds. The summed E-state index contributed by atoms with van der Waals surface area (Å²) in [5, 5.41) is 5.13. The Hall–Kier alpha value is -3.31. The number of methoxy groups -OCH3 is 1. The van der Waals surface area contributed by atoms with Crippen LogP contribution in [0.5, 0.6) is 5.75 Å². The molecule has 1 heterocycles. The van der Waals surface area contributed by atoms with E-state index in [0.29, 0.717) is 26.0 Å². The molecule has 0 saturated heterocycles. The third-order valence-corrected chi connectivity index (χ3v) is 9.12. The molecule has 0 aliphatic carbocycles. The van der Waals surface area contributed by atoms with E-state index in [1.54, 1.807) is 48.5 Å². The van der Waals surface area contributed by atoms with Crippen molar-refractivity contribution in [1.29, 1.82) is 0 Å². The standard InChI is InChI=1S/C29H27BrCl2N4O4S/c1-18-5-7-24(8-6-18)35(41(38,39)26-9-10-28(40-4)27(30)15-26)17-29(37)34-33-16-21-11-19(2)36(20(21)3)25-13-22(31)12-23(32)14-25/h5-16H,17H2,1-4H3,(H,34,37)/b33-16+. The molecule has 1 N–H and O–H groups in total. The zero-order valence-corrected chi connectivity index (χ0v) is 26.6. The summed E-state index contributed by atoms with van der Waals surface area (Å²) in [4.78, 5) is 13.0. The Labute approximate surface area is 257 Å². The van der Waals surface area contributed by atoms with Gasteiger partial charge in [0.1, 0.15) is 12.3 Å². The highest BCUT2D eigenvalue weighted by Gasteiger charge is 2.28. The number of rotatable bonds is 9. The topological polar surface area (TPSA) is 93.0 Å². The number of ether oxygens (including phenoxy) is 1. The number of benzene rings is 3. The normalized spacial score (nSPS) is 11.6. The van der Waals surface area contributed by atoms with Gasteiger partial charge in [-0.2, -0.15) is 5.10 Å². The molecular formula is C29H27BrCl2N4O4S. The van der Waals surface area contributed by atoms with Crippen LogP contribution in [0.15, 0.2) is 81.2 Å². The molecule has 8 nitrogen and oxygen atoms in total. The minimum Gasteiger partial charge on any atom is -0.496 e. The number of carbonyl (C=O) groups is 1. The van der Waals surface area contributed by atoms with Gasteiger partial charge < -0.3 is 9.30 Å². The van der Waals surface area contributed by atoms with Crippen LogP contribution in [-0.2, 0) is 14.8 Å². The average molecular weight is 678 g/mol. The summed E-state index contributed by atoms with van der Waals surface area (Å²) >= 11 is 15.7. The van der Waals surface area contributed by atoms with Crippen LogP contribution < -0.4 is 14.5 Å². The van der Waals surface area contributed by atoms with Crippen LogP contribution in [0.25, 0.3) is 5.69 Å². The number of aryl methyl sites for hydroxylation is 2. The molecule has 0 unspecified atom stereocenters. The van der Waals surface area contributed by atoms with Crippen molar-refractivity contribution in [3.63, 3.8) is 0 Å². The first kappa shape index (κ1) is 30.6. The number of halogens is 3. The van der Waals surface area contributed by atoms with Crippen molar-refractivity contribution >= 4 is 67.0 Å². The fourth-order valence-corrected chi connectivity index (χ4v) is 6.94. The summed E-state index contributed by atoms with van der Waals surface area (Å²) < 4.78 is 36.1. The van der Waals surface area contributed by atoms with E-state index < -0.39 is 22.5 Å². The lowest BCUT2D eigenvalue weighted by atomic mass is 10.2. The third-order valence-electron chi connectivity index (χ3n) is 6.29. The van der Waals surface area contributed by atoms with Gasteiger partial charge in [-0.25, -0.2) is 13.8 Å². The van der Waals surface area contributed by atoms with Crippen molar-refractivity contribution in [3.8, 4) is 11.4 Å². The first-order valence-electron chi connectivity index (χ1n) is 12.3. The van der Waals surface area contributed by atoms with Crippen molar-refractivity contribution in [2.24, 2.45) is 5.10 Å². The van der Waals surface area contributed by atoms with Gasteiger partial charge in [0, 0.05) is 32.7 Å². The highest BCUT2D eigenvalue weighted by atomic mass is 79.9. The van der Waals surface area contributed by atoms with Gasteiger partial charge in [-0.15, -0.1) is 0 Å². The first-order chi connectivity index (χ1) is 19.4. The van der Waals surface area contributed by atoms with Gasteiger partial charge in [0.05, 0.1) is 28.4 Å². The highest BCUT2D eigenvalue weighted by molar-refractivity contribution is 9.10. The number of hydrogen-bond donors (Lipinski definition) is 1. The highest BCUT2D eigenvalue weighted by Crippen LogP contribution is 2.31. The maximum atomic E-state index is 13.7. The van der Waals surface area contributed by atoms with Crippen molar-refractivity contribution in [2.45, 2.75) is 25.7 Å². The van der Waals surface area contributed by atoms with E-state index in [2.05, 4.69) is 26.5 Å². The minimum absolute atomic E-state index is 0.00406. The van der Waals surface area contributed by atoms with Crippen molar-refractivity contribution in [2.75, 3.05) is 18.0 Å². The molecule has 0 radical (unpaired) electrons. The van der Waals surface area contributed by atoms with E-state index >= 15 is 0 Å². The number of aromatic nitrogens is 1. The monoisotopic (exact) mass is 676 g/mol. The van der Waals surface area contributed by atoms with E-state index in [1.165, 1.54) is 25.5 Å². The molecule has 4 rings (SSSR count). The second kappa shape index (κ2) is 12.7. The summed E-state index contributed by atoms with van der Waals surface area (Å²) in [6.45, 7) is 5.23. The van der Waals surface area contributed by atoms with E-state index in [-0.39, 0.29) is 4.90 Å². The van der Waals surface area contributed by atoms with E-state index in [9.17, 15) is 13.2 Å². The zero-order valence-electron chi connectivity index (χ0n) is 22.7. The molecule has 0 aliphatic rings. The van der Waals surface area contributed by atoms with Crippen molar-refractivity contribution in [3.05, 3.63) is 104 Å². The van der Waals surface area contributed by atoms with E-state index in [1.807, 2.05) is 31.4 Å². The molecule has 0 spiro atoms. The predicted octanol–water partition coefficient (Wildman–Crippen LogP) is 6.83. The Morgan fingerprint density at radius 1 is 1.02 bits per heavy atom. The molecule has 0 fully saturated rings. The lowest BCUT2D eigenvalue weighted by Crippen LogP contribution is -2.39. The number of hydrogen-bond acceptors (Lipinski definition) is 5. The Kier molecular flexibility index (Phi) is 9.48. The summed E-state index contributed by atoms with van der Waals surface area (Å²) in [5.41, 5.74) is 7.06. The number of carbonyl (C=O) groups excluding carboxylic acids is 1. The summed E-state index contributed by atoms with van der Waals surface area (Å²) in [7, 11) is -2.63. The molecule has 4 aromatic rings. The number of anilines is 1. The molecule has 214 valence electrons. The maximum Gasteiger partial charge on any atom is 0.264 e. The van der Waals surface area contributed by atoms with Crippen LogP contribution in [-0.4, -0.2) is 38.8 Å². The number of hydrazone groups is 1. The largest absolute Gasteiger partial charge is 0.496 e. The Morgan fingerprint density at radius 2 is 1.68 bits per heavy atom. The SMILES string of the molecule is COc1ccc(S(=O)(=O)N(CC(=O)N/N=C/c2cc(C)n(-c3cc(Cl)cc(Cl)c3)c2C)c2ccc(C)cc2)cc1Br. The van der Waals surface area contributed by atoms with Gasteiger partial charge in [-0.1, -0.05) is 40.9 Å². The third kappa shape index (κ3) is 6.95. The second-order valence-electron chi connectivity index (χ2n) is 9.23. The van der Waals surface area contributed by atoms with Crippen LogP contribution in [0.4, 0.5) is 5.69 Å². The minimum atomic E-state index is -4.12. The summed E-state index contributed by atoms with van der Waals surface area (Å²) in [6, 6.07) is 18.4. The van der Waals surface area contributed by atoms with Crippen molar-refractivity contribution < 1.29 is 17.9 Å². The molecule has 0 saturated carbocycles. The first-order valence-corrected chi connectivity index (χ1v) is 15.3. The number of nitrogens with one attached hydrogen (secondary N) is 1. The van der Waals surface area contributed by atoms with Crippen LogP contribution in [0.2, 0.25) is 10.0 Å². The van der Waals surface area contributed by atoms with Gasteiger partial charge in [0.2, 0.25) is 0 Å². The maximum absolute atomic E-state index is 13.7. The molecular weight excluding hydrogens is 651 g/mol. The predicted molar refractivity (Wildman–Crippen MR) is 167 cm³/mol. The lowest BCUT2D eigenvalue weighted by molar-refractivity contribution is -0.119. The molecule has 0 atom stereocenters. The van der Waals surface area contributed by atoms with Gasteiger partial charge in [-0.05, 0) is 91.3 Å². The molecule has 3 aromatic carbocycles. The van der Waals surface area contributed by atoms with Gasteiger partial charge in [0.15, 0.2) is 0 Å². The van der Waals surface area contributed by atoms with Crippen LogP contribution in [0.1, 0.15) is 22.5 Å². The fourth-order valence-electron chi connectivity index (χ4n) is 4.28. The lowest BCUT2D eigenvalue weighted by Gasteiger charge is -2.24. The summed E-state index contributed by atoms with van der Waals surface area (Å²) in [5.74, 6) is -0.135. The van der Waals surface area contributed by atoms with E-state index in [0.717, 1.165) is 32.5 Å². The van der Waals surface area contributed by atoms with Gasteiger partial charge in [0.25, 0.3) is 15.9 Å². The number of nitrogens with zero attached hydrogens (tertiary/aromatic N) is 3. The Morgan fingerprint density at radius 3 is 2.29 bits per heavy atom. The Bertz CT molecular complexity index is 1720. The zero-order chi connectivity index (χ0) is 29.9. The number of sulfonamides is 1. The van der Waals surface area contributed by atoms with Crippen LogP contribution in [0, 0.1) is 20.8 Å². The fraction of sp³-hybridized carbons (Fsp3) is 0.172. The molecule has 1 aromatic heterocycles. The van der Waals surface area contributed by atoms with E-state index in [4.69, 9.17) is 27.9 Å². The number of amides is 1. The van der Waals surface area contributed by atoms with Crippen LogP contribution in [0.3, 0.4) is 0 Å². The smallest absolute Gasteiger partial charge is 0.264 e. The summed E-state index contributed by atoms with van der Waals surface area (Å²) in [6.07, 6.45) is 1.51. The average Bonchev–Trinajstić information content (AvgIpc) is 3.19. The Balaban J connectivity index is 1.57. The van der Waals surface area contributed by atoms with Gasteiger partial charge in [-0.3, -0.25) is 9.10 Å². The quantitative estimate of drug-likeness (QED) is 0.155. The van der Waals surface area contributed by atoms with Crippen molar-refractivity contribution in [1.82, 2.24) is 9.99 Å². The molecule has 41 heavy (non-hydrogen) atoms. The van der Waals surface area contributed by atoms with Gasteiger partial charge >= 0.3 is 0 Å². The molecule has 0 aliphatic heterocycles.